The van der Waals surface area contributed by atoms with Crippen LogP contribution in [0, 0.1) is 6.92 Å². The number of rotatable bonds is 4. The lowest BCUT2D eigenvalue weighted by molar-refractivity contribution is 0.791. The van der Waals surface area contributed by atoms with Gasteiger partial charge in [0.2, 0.25) is 5.95 Å². The maximum absolute atomic E-state index is 4.97. The van der Waals surface area contributed by atoms with Crippen LogP contribution in [0.4, 0.5) is 5.95 Å². The van der Waals surface area contributed by atoms with E-state index in [1.54, 1.807) is 7.05 Å². The van der Waals surface area contributed by atoms with Crippen molar-refractivity contribution in [2.45, 2.75) is 6.92 Å². The topological polar surface area (TPSA) is 53.1 Å². The molecule has 1 rings (SSSR count). The van der Waals surface area contributed by atoms with Crippen molar-refractivity contribution in [3.05, 3.63) is 18.0 Å². The first-order valence-electron chi connectivity index (χ1n) is 5.09. The molecule has 2 N–H and O–H groups in total. The Bertz CT molecular complexity index is 338. The van der Waals surface area contributed by atoms with Crippen molar-refractivity contribution in [2.24, 2.45) is 0 Å². The lowest BCUT2D eigenvalue weighted by atomic mass is 10.4. The summed E-state index contributed by atoms with van der Waals surface area (Å²) in [5, 5.41) is 6.58. The van der Waals surface area contributed by atoms with Crippen LogP contribution in [0.3, 0.4) is 0 Å². The molecule has 6 heteroatoms. The van der Waals surface area contributed by atoms with Crippen LogP contribution < -0.4 is 15.5 Å². The molecule has 0 saturated heterocycles. The Labute approximate surface area is 101 Å². The van der Waals surface area contributed by atoms with Crippen LogP contribution in [0.15, 0.2) is 12.4 Å². The van der Waals surface area contributed by atoms with Gasteiger partial charge in [0.15, 0.2) is 5.11 Å². The van der Waals surface area contributed by atoms with Gasteiger partial charge in [-0.25, -0.2) is 9.97 Å². The Kier molecular flexibility index (Phi) is 4.91. The summed E-state index contributed by atoms with van der Waals surface area (Å²) in [6, 6.07) is 0. The van der Waals surface area contributed by atoms with Gasteiger partial charge in [0.1, 0.15) is 0 Å². The van der Waals surface area contributed by atoms with Gasteiger partial charge >= 0.3 is 0 Å². The van der Waals surface area contributed by atoms with Gasteiger partial charge in [-0.2, -0.15) is 0 Å². The molecular formula is C10H17N5S. The lowest BCUT2D eigenvalue weighted by Crippen LogP contribution is -2.38. The zero-order chi connectivity index (χ0) is 12.0. The Morgan fingerprint density at radius 2 is 2.06 bits per heavy atom. The summed E-state index contributed by atoms with van der Waals surface area (Å²) < 4.78 is 0. The second-order valence-corrected chi connectivity index (χ2v) is 3.90. The van der Waals surface area contributed by atoms with Crippen molar-refractivity contribution in [2.75, 3.05) is 32.1 Å². The molecule has 16 heavy (non-hydrogen) atoms. The molecule has 0 radical (unpaired) electrons. The predicted octanol–water partition coefficient (Wildman–Crippen LogP) is 0.315. The summed E-state index contributed by atoms with van der Waals surface area (Å²) in [7, 11) is 3.75. The SMILES string of the molecule is CNC(=S)NCCN(C)c1ncc(C)cn1. The van der Waals surface area contributed by atoms with E-state index in [1.807, 2.05) is 31.3 Å². The van der Waals surface area contributed by atoms with Gasteiger partial charge in [-0.3, -0.25) is 0 Å². The van der Waals surface area contributed by atoms with Gasteiger partial charge in [-0.15, -0.1) is 0 Å². The van der Waals surface area contributed by atoms with Crippen LogP contribution in [0.5, 0.6) is 0 Å². The van der Waals surface area contributed by atoms with E-state index >= 15 is 0 Å². The van der Waals surface area contributed by atoms with E-state index in [9.17, 15) is 0 Å². The first-order chi connectivity index (χ1) is 7.63. The van der Waals surface area contributed by atoms with E-state index in [0.717, 1.165) is 24.6 Å². The van der Waals surface area contributed by atoms with Gasteiger partial charge in [-0.1, -0.05) is 0 Å². The molecule has 1 aromatic heterocycles. The summed E-state index contributed by atoms with van der Waals surface area (Å²) in [5.41, 5.74) is 1.06. The zero-order valence-electron chi connectivity index (χ0n) is 9.82. The molecular weight excluding hydrogens is 222 g/mol. The first kappa shape index (κ1) is 12.6. The van der Waals surface area contributed by atoms with Crippen LogP contribution in [0.25, 0.3) is 0 Å². The summed E-state index contributed by atoms with van der Waals surface area (Å²) in [6.45, 7) is 3.52. The molecule has 0 atom stereocenters. The molecule has 0 aliphatic rings. The molecule has 0 amide bonds. The first-order valence-corrected chi connectivity index (χ1v) is 5.49. The molecule has 0 fully saturated rings. The van der Waals surface area contributed by atoms with Crippen LogP contribution in [0.1, 0.15) is 5.56 Å². The highest BCUT2D eigenvalue weighted by Crippen LogP contribution is 2.02. The second kappa shape index (κ2) is 6.22. The quantitative estimate of drug-likeness (QED) is 0.738. The molecule has 0 spiro atoms. The van der Waals surface area contributed by atoms with E-state index in [4.69, 9.17) is 12.2 Å². The molecule has 0 aliphatic carbocycles. The standard InChI is InChI=1S/C10H17N5S/c1-8-6-13-9(14-7-8)15(3)5-4-12-10(16)11-2/h6-7H,4-5H2,1-3H3,(H2,11,12,16). The van der Waals surface area contributed by atoms with Gasteiger partial charge in [-0.05, 0) is 24.7 Å². The Morgan fingerprint density at radius 1 is 1.44 bits per heavy atom. The van der Waals surface area contributed by atoms with Crippen molar-refractivity contribution in [3.63, 3.8) is 0 Å². The van der Waals surface area contributed by atoms with E-state index in [0.29, 0.717) is 5.11 Å². The second-order valence-electron chi connectivity index (χ2n) is 3.49. The van der Waals surface area contributed by atoms with Crippen molar-refractivity contribution < 1.29 is 0 Å². The van der Waals surface area contributed by atoms with Crippen molar-refractivity contribution >= 4 is 23.3 Å². The number of hydrogen-bond donors (Lipinski definition) is 2. The number of thiocarbonyl (C=S) groups is 1. The fourth-order valence-corrected chi connectivity index (χ4v) is 1.21. The normalized spacial score (nSPS) is 9.69. The average molecular weight is 239 g/mol. The fraction of sp³-hybridized carbons (Fsp3) is 0.500. The Balaban J connectivity index is 2.37. The van der Waals surface area contributed by atoms with E-state index in [1.165, 1.54) is 0 Å². The monoisotopic (exact) mass is 239 g/mol. The lowest BCUT2D eigenvalue weighted by Gasteiger charge is -2.17. The molecule has 1 aromatic rings. The fourth-order valence-electron chi connectivity index (χ4n) is 1.11. The highest BCUT2D eigenvalue weighted by atomic mass is 32.1. The maximum Gasteiger partial charge on any atom is 0.225 e. The van der Waals surface area contributed by atoms with Gasteiger partial charge in [0.25, 0.3) is 0 Å². The van der Waals surface area contributed by atoms with Gasteiger partial charge in [0, 0.05) is 39.6 Å². The zero-order valence-corrected chi connectivity index (χ0v) is 10.6. The third-order valence-electron chi connectivity index (χ3n) is 2.07. The number of nitrogens with zero attached hydrogens (tertiary/aromatic N) is 3. The highest BCUT2D eigenvalue weighted by Gasteiger charge is 2.02. The molecule has 88 valence electrons. The smallest absolute Gasteiger partial charge is 0.225 e. The molecule has 0 aromatic carbocycles. The largest absolute Gasteiger partial charge is 0.366 e. The Morgan fingerprint density at radius 3 is 2.62 bits per heavy atom. The number of aryl methyl sites for hydroxylation is 1. The van der Waals surface area contributed by atoms with E-state index < -0.39 is 0 Å². The van der Waals surface area contributed by atoms with Crippen molar-refractivity contribution in [1.29, 1.82) is 0 Å². The van der Waals surface area contributed by atoms with Crippen molar-refractivity contribution in [3.8, 4) is 0 Å². The third-order valence-corrected chi connectivity index (χ3v) is 2.42. The average Bonchev–Trinajstić information content (AvgIpc) is 2.29. The highest BCUT2D eigenvalue weighted by molar-refractivity contribution is 7.80. The number of anilines is 1. The van der Waals surface area contributed by atoms with E-state index in [-0.39, 0.29) is 0 Å². The number of likely N-dealkylation sites (N-methyl/N-ethyl adjacent to an activating group) is 1. The van der Waals surface area contributed by atoms with Crippen LogP contribution >= 0.6 is 12.2 Å². The summed E-state index contributed by atoms with van der Waals surface area (Å²) in [4.78, 5) is 10.4. The van der Waals surface area contributed by atoms with E-state index in [2.05, 4.69) is 20.6 Å². The summed E-state index contributed by atoms with van der Waals surface area (Å²) in [6.07, 6.45) is 3.62. The molecule has 0 aliphatic heterocycles. The minimum absolute atomic E-state index is 0.651. The number of hydrogen-bond acceptors (Lipinski definition) is 4. The van der Waals surface area contributed by atoms with Crippen LogP contribution in [-0.4, -0.2) is 42.3 Å². The summed E-state index contributed by atoms with van der Waals surface area (Å²) >= 11 is 4.97. The van der Waals surface area contributed by atoms with Crippen molar-refractivity contribution in [1.82, 2.24) is 20.6 Å². The predicted molar refractivity (Wildman–Crippen MR) is 69.7 cm³/mol. The van der Waals surface area contributed by atoms with Crippen LogP contribution in [0.2, 0.25) is 0 Å². The summed E-state index contributed by atoms with van der Waals surface area (Å²) in [5.74, 6) is 0.725. The Hall–Kier alpha value is -1.43. The molecule has 1 heterocycles. The van der Waals surface area contributed by atoms with Gasteiger partial charge < -0.3 is 15.5 Å². The molecule has 0 bridgehead atoms. The number of nitrogens with one attached hydrogen (secondary N) is 2. The van der Waals surface area contributed by atoms with Crippen LogP contribution in [-0.2, 0) is 0 Å². The van der Waals surface area contributed by atoms with Gasteiger partial charge in [0.05, 0.1) is 0 Å². The molecule has 0 unspecified atom stereocenters. The molecule has 5 nitrogen and oxygen atoms in total. The molecule has 0 saturated carbocycles. The minimum atomic E-state index is 0.651. The third kappa shape index (κ3) is 3.98. The number of aromatic nitrogens is 2. The maximum atomic E-state index is 4.97. The minimum Gasteiger partial charge on any atom is -0.366 e.